The maximum atomic E-state index is 10.2. The molecular formula is C9H8N2O3. The molecule has 14 heavy (non-hydrogen) atoms. The summed E-state index contributed by atoms with van der Waals surface area (Å²) in [5, 5.41) is 3.68. The fourth-order valence-corrected chi connectivity index (χ4v) is 1.06. The van der Waals surface area contributed by atoms with Gasteiger partial charge in [-0.15, -0.1) is 0 Å². The van der Waals surface area contributed by atoms with Crippen molar-refractivity contribution in [1.29, 1.82) is 0 Å². The van der Waals surface area contributed by atoms with Gasteiger partial charge >= 0.3 is 0 Å². The van der Waals surface area contributed by atoms with Crippen molar-refractivity contribution in [1.82, 2.24) is 10.1 Å². The van der Waals surface area contributed by atoms with E-state index in [2.05, 4.69) is 10.1 Å². The van der Waals surface area contributed by atoms with Crippen LogP contribution >= 0.6 is 0 Å². The van der Waals surface area contributed by atoms with E-state index in [4.69, 9.17) is 8.94 Å². The second-order valence-electron chi connectivity index (χ2n) is 2.79. The number of hydrogen-bond acceptors (Lipinski definition) is 5. The molecular weight excluding hydrogens is 184 g/mol. The SMILES string of the molecule is Cc1ccc(-c2noc(CC=O)n2)o1. The van der Waals surface area contributed by atoms with Crippen molar-refractivity contribution in [2.75, 3.05) is 0 Å². The van der Waals surface area contributed by atoms with Gasteiger partial charge in [-0.2, -0.15) is 4.98 Å². The molecule has 0 aliphatic carbocycles. The van der Waals surface area contributed by atoms with E-state index < -0.39 is 0 Å². The van der Waals surface area contributed by atoms with Crippen molar-refractivity contribution in [3.8, 4) is 11.6 Å². The molecule has 0 saturated carbocycles. The molecule has 0 aliphatic rings. The monoisotopic (exact) mass is 192 g/mol. The van der Waals surface area contributed by atoms with Gasteiger partial charge in [0.1, 0.15) is 12.0 Å². The van der Waals surface area contributed by atoms with E-state index in [-0.39, 0.29) is 6.42 Å². The highest BCUT2D eigenvalue weighted by atomic mass is 16.5. The predicted molar refractivity (Wildman–Crippen MR) is 46.5 cm³/mol. The molecule has 2 aromatic rings. The van der Waals surface area contributed by atoms with E-state index in [0.29, 0.717) is 23.8 Å². The van der Waals surface area contributed by atoms with E-state index in [1.807, 2.05) is 13.0 Å². The number of hydrogen-bond donors (Lipinski definition) is 0. The second-order valence-corrected chi connectivity index (χ2v) is 2.79. The molecule has 72 valence electrons. The third-order valence-corrected chi connectivity index (χ3v) is 1.69. The Hall–Kier alpha value is -1.91. The molecule has 2 aromatic heterocycles. The summed E-state index contributed by atoms with van der Waals surface area (Å²) in [5.74, 6) is 1.99. The first-order chi connectivity index (χ1) is 6.79. The van der Waals surface area contributed by atoms with Gasteiger partial charge in [0.15, 0.2) is 5.76 Å². The Morgan fingerprint density at radius 1 is 1.50 bits per heavy atom. The summed E-state index contributed by atoms with van der Waals surface area (Å²) in [7, 11) is 0. The van der Waals surface area contributed by atoms with Crippen LogP contribution in [0.25, 0.3) is 11.6 Å². The highest BCUT2D eigenvalue weighted by Gasteiger charge is 2.10. The van der Waals surface area contributed by atoms with Crippen LogP contribution in [0.4, 0.5) is 0 Å². The summed E-state index contributed by atoms with van der Waals surface area (Å²) < 4.78 is 10.1. The van der Waals surface area contributed by atoms with Gasteiger partial charge < -0.3 is 13.7 Å². The van der Waals surface area contributed by atoms with E-state index in [9.17, 15) is 4.79 Å². The van der Waals surface area contributed by atoms with Crippen LogP contribution in [0.5, 0.6) is 0 Å². The summed E-state index contributed by atoms with van der Waals surface area (Å²) >= 11 is 0. The summed E-state index contributed by atoms with van der Waals surface area (Å²) in [4.78, 5) is 14.2. The first-order valence-corrected chi connectivity index (χ1v) is 4.12. The summed E-state index contributed by atoms with van der Waals surface area (Å²) in [6.07, 6.45) is 0.845. The third-order valence-electron chi connectivity index (χ3n) is 1.69. The number of rotatable bonds is 3. The van der Waals surface area contributed by atoms with Crippen molar-refractivity contribution >= 4 is 6.29 Å². The molecule has 0 spiro atoms. The van der Waals surface area contributed by atoms with Crippen molar-refractivity contribution in [2.24, 2.45) is 0 Å². The molecule has 0 N–H and O–H groups in total. The Morgan fingerprint density at radius 2 is 2.36 bits per heavy atom. The fraction of sp³-hybridized carbons (Fsp3) is 0.222. The van der Waals surface area contributed by atoms with Crippen LogP contribution < -0.4 is 0 Å². The summed E-state index contributed by atoms with van der Waals surface area (Å²) in [6, 6.07) is 3.57. The first-order valence-electron chi connectivity index (χ1n) is 4.12. The Morgan fingerprint density at radius 3 is 3.00 bits per heavy atom. The van der Waals surface area contributed by atoms with Crippen molar-refractivity contribution in [3.05, 3.63) is 23.8 Å². The lowest BCUT2D eigenvalue weighted by atomic mass is 10.4. The molecule has 0 aromatic carbocycles. The zero-order valence-corrected chi connectivity index (χ0v) is 7.56. The number of aldehydes is 1. The number of carbonyl (C=O) groups excluding carboxylic acids is 1. The highest BCUT2D eigenvalue weighted by Crippen LogP contribution is 2.18. The number of furan rings is 1. The number of carbonyl (C=O) groups is 1. The molecule has 5 nitrogen and oxygen atoms in total. The van der Waals surface area contributed by atoms with E-state index in [1.165, 1.54) is 0 Å². The second kappa shape index (κ2) is 3.45. The molecule has 0 bridgehead atoms. The molecule has 2 heterocycles. The highest BCUT2D eigenvalue weighted by molar-refractivity contribution is 5.53. The van der Waals surface area contributed by atoms with E-state index in [1.54, 1.807) is 6.07 Å². The first kappa shape index (κ1) is 8.68. The minimum atomic E-state index is 0.132. The topological polar surface area (TPSA) is 69.1 Å². The van der Waals surface area contributed by atoms with Crippen LogP contribution in [-0.4, -0.2) is 16.4 Å². The molecule has 0 aliphatic heterocycles. The van der Waals surface area contributed by atoms with Gasteiger partial charge in [0.05, 0.1) is 6.42 Å². The fourth-order valence-electron chi connectivity index (χ4n) is 1.06. The van der Waals surface area contributed by atoms with Crippen molar-refractivity contribution in [2.45, 2.75) is 13.3 Å². The van der Waals surface area contributed by atoms with E-state index >= 15 is 0 Å². The predicted octanol–water partition coefficient (Wildman–Crippen LogP) is 1.38. The van der Waals surface area contributed by atoms with Gasteiger partial charge in [0.25, 0.3) is 0 Å². The maximum Gasteiger partial charge on any atom is 0.238 e. The average molecular weight is 192 g/mol. The van der Waals surface area contributed by atoms with Gasteiger partial charge in [-0.05, 0) is 19.1 Å². The lowest BCUT2D eigenvalue weighted by Crippen LogP contribution is -1.84. The van der Waals surface area contributed by atoms with Gasteiger partial charge in [-0.1, -0.05) is 5.16 Å². The van der Waals surface area contributed by atoms with Crippen LogP contribution in [0.1, 0.15) is 11.7 Å². The minimum absolute atomic E-state index is 0.132. The van der Waals surface area contributed by atoms with Gasteiger partial charge in [-0.25, -0.2) is 0 Å². The third kappa shape index (κ3) is 1.56. The molecule has 0 fully saturated rings. The lowest BCUT2D eigenvalue weighted by Gasteiger charge is -1.84. The van der Waals surface area contributed by atoms with Crippen molar-refractivity contribution < 1.29 is 13.7 Å². The maximum absolute atomic E-state index is 10.2. The minimum Gasteiger partial charge on any atom is -0.458 e. The van der Waals surface area contributed by atoms with Crippen molar-refractivity contribution in [3.63, 3.8) is 0 Å². The zero-order chi connectivity index (χ0) is 9.97. The molecule has 0 amide bonds. The Bertz CT molecular complexity index is 444. The molecule has 0 radical (unpaired) electrons. The molecule has 0 saturated heterocycles. The van der Waals surface area contributed by atoms with Crippen LogP contribution in [0.2, 0.25) is 0 Å². The van der Waals surface area contributed by atoms with E-state index in [0.717, 1.165) is 5.76 Å². The van der Waals surface area contributed by atoms with Gasteiger partial charge in [0, 0.05) is 0 Å². The number of aromatic nitrogens is 2. The molecule has 5 heteroatoms. The number of nitrogens with zero attached hydrogens (tertiary/aromatic N) is 2. The molecule has 2 rings (SSSR count). The Kier molecular flexibility index (Phi) is 2.14. The summed E-state index contributed by atoms with van der Waals surface area (Å²) in [6.45, 7) is 1.83. The molecule has 0 unspecified atom stereocenters. The standard InChI is InChI=1S/C9H8N2O3/c1-6-2-3-7(13-6)9-10-8(4-5-12)14-11-9/h2-3,5H,4H2,1H3. The number of aryl methyl sites for hydroxylation is 1. The van der Waals surface area contributed by atoms with Crippen LogP contribution in [0.15, 0.2) is 21.1 Å². The van der Waals surface area contributed by atoms with Crippen LogP contribution in [0.3, 0.4) is 0 Å². The zero-order valence-electron chi connectivity index (χ0n) is 7.56. The Labute approximate surface area is 79.7 Å². The van der Waals surface area contributed by atoms with Crippen LogP contribution in [-0.2, 0) is 11.2 Å². The van der Waals surface area contributed by atoms with Crippen LogP contribution in [0, 0.1) is 6.92 Å². The lowest BCUT2D eigenvalue weighted by molar-refractivity contribution is -0.107. The molecule has 0 atom stereocenters. The smallest absolute Gasteiger partial charge is 0.238 e. The average Bonchev–Trinajstić information content (AvgIpc) is 2.74. The largest absolute Gasteiger partial charge is 0.458 e. The van der Waals surface area contributed by atoms with Gasteiger partial charge in [0.2, 0.25) is 11.7 Å². The summed E-state index contributed by atoms with van der Waals surface area (Å²) in [5.41, 5.74) is 0. The Balaban J connectivity index is 2.28. The quantitative estimate of drug-likeness (QED) is 0.687. The normalized spacial score (nSPS) is 10.4. The van der Waals surface area contributed by atoms with Gasteiger partial charge in [-0.3, -0.25) is 0 Å².